The van der Waals surface area contributed by atoms with Crippen LogP contribution >= 0.6 is 11.8 Å². The molecular weight excluding hydrogens is 382 g/mol. The fourth-order valence-electron chi connectivity index (χ4n) is 2.33. The second-order valence-corrected chi connectivity index (χ2v) is 6.73. The minimum absolute atomic E-state index is 0.159. The number of hydrogen-bond acceptors (Lipinski definition) is 7. The molecule has 0 saturated carbocycles. The lowest BCUT2D eigenvalue weighted by Crippen LogP contribution is -2.16. The van der Waals surface area contributed by atoms with Gasteiger partial charge in [-0.2, -0.15) is 0 Å². The van der Waals surface area contributed by atoms with E-state index in [1.165, 1.54) is 44.2 Å². The van der Waals surface area contributed by atoms with Crippen LogP contribution in [0.4, 0.5) is 5.69 Å². The van der Waals surface area contributed by atoms with Gasteiger partial charge in [0, 0.05) is 17.1 Å². The molecule has 8 heteroatoms. The number of carbonyl (C=O) groups is 3. The van der Waals surface area contributed by atoms with Crippen molar-refractivity contribution in [1.82, 2.24) is 0 Å². The first-order valence-corrected chi connectivity index (χ1v) is 9.34. The Bertz CT molecular complexity index is 850. The molecule has 0 aliphatic heterocycles. The highest BCUT2D eigenvalue weighted by atomic mass is 32.2. The van der Waals surface area contributed by atoms with Crippen LogP contribution in [-0.2, 0) is 14.3 Å². The lowest BCUT2D eigenvalue weighted by molar-refractivity contribution is -0.115. The van der Waals surface area contributed by atoms with Gasteiger partial charge >= 0.3 is 11.9 Å². The quantitative estimate of drug-likeness (QED) is 0.534. The minimum atomic E-state index is -0.612. The molecule has 0 saturated heterocycles. The van der Waals surface area contributed by atoms with Crippen LogP contribution in [0.5, 0.6) is 5.75 Å². The highest BCUT2D eigenvalue weighted by Gasteiger charge is 2.17. The van der Waals surface area contributed by atoms with Gasteiger partial charge in [0.25, 0.3) is 0 Å². The molecule has 2 aromatic rings. The number of rotatable bonds is 8. The Kier molecular flexibility index (Phi) is 7.88. The average molecular weight is 403 g/mol. The molecule has 2 rings (SSSR count). The molecule has 0 radical (unpaired) electrons. The first-order valence-electron chi connectivity index (χ1n) is 8.36. The van der Waals surface area contributed by atoms with E-state index in [-0.39, 0.29) is 29.1 Å². The second kappa shape index (κ2) is 10.4. The van der Waals surface area contributed by atoms with Crippen LogP contribution in [0.25, 0.3) is 0 Å². The van der Waals surface area contributed by atoms with E-state index in [4.69, 9.17) is 9.47 Å². The van der Waals surface area contributed by atoms with Gasteiger partial charge in [0.05, 0.1) is 38.1 Å². The maximum absolute atomic E-state index is 12.3. The lowest BCUT2D eigenvalue weighted by atomic mass is 10.1. The molecule has 0 fully saturated rings. The van der Waals surface area contributed by atoms with Crippen molar-refractivity contribution in [2.24, 2.45) is 0 Å². The zero-order chi connectivity index (χ0) is 20.5. The van der Waals surface area contributed by atoms with E-state index < -0.39 is 11.9 Å². The molecule has 0 atom stereocenters. The van der Waals surface area contributed by atoms with E-state index in [0.29, 0.717) is 5.75 Å². The summed E-state index contributed by atoms with van der Waals surface area (Å²) in [6.07, 6.45) is 0.222. The summed E-state index contributed by atoms with van der Waals surface area (Å²) in [6, 6.07) is 11.8. The fraction of sp³-hybridized carbons (Fsp3) is 0.250. The van der Waals surface area contributed by atoms with Gasteiger partial charge in [-0.3, -0.25) is 4.79 Å². The van der Waals surface area contributed by atoms with Gasteiger partial charge in [-0.1, -0.05) is 0 Å². The van der Waals surface area contributed by atoms with Crippen LogP contribution in [0.2, 0.25) is 0 Å². The third-order valence-electron chi connectivity index (χ3n) is 3.78. The molecule has 0 aliphatic rings. The number of amides is 1. The normalized spacial score (nSPS) is 10.1. The van der Waals surface area contributed by atoms with Crippen LogP contribution in [0.3, 0.4) is 0 Å². The minimum Gasteiger partial charge on any atom is -0.497 e. The average Bonchev–Trinajstić information content (AvgIpc) is 2.73. The lowest BCUT2D eigenvalue weighted by Gasteiger charge is -2.11. The van der Waals surface area contributed by atoms with Gasteiger partial charge < -0.3 is 19.5 Å². The van der Waals surface area contributed by atoms with Crippen LogP contribution < -0.4 is 10.1 Å². The second-order valence-electron chi connectivity index (χ2n) is 5.57. The number of ether oxygens (including phenoxy) is 3. The molecule has 0 bridgehead atoms. The molecule has 0 spiro atoms. The van der Waals surface area contributed by atoms with E-state index in [2.05, 4.69) is 10.1 Å². The number of thioether (sulfide) groups is 1. The van der Waals surface area contributed by atoms with Crippen LogP contribution in [0.1, 0.15) is 27.1 Å². The van der Waals surface area contributed by atoms with Crippen molar-refractivity contribution >= 4 is 35.3 Å². The van der Waals surface area contributed by atoms with E-state index in [1.54, 1.807) is 7.11 Å². The molecule has 0 heterocycles. The van der Waals surface area contributed by atoms with E-state index in [0.717, 1.165) is 10.6 Å². The molecule has 7 nitrogen and oxygen atoms in total. The zero-order valence-corrected chi connectivity index (χ0v) is 16.6. The standard InChI is InChI=1S/C20H21NO6S/c1-25-14-5-7-15(8-6-14)28-11-10-18(22)21-17-12-13(19(23)26-2)4-9-16(17)20(24)27-3/h4-9,12H,10-11H2,1-3H3,(H,21,22). The Balaban J connectivity index is 2.02. The fourth-order valence-corrected chi connectivity index (χ4v) is 3.18. The molecule has 0 aromatic heterocycles. The molecule has 148 valence electrons. The molecule has 1 N–H and O–H groups in total. The summed E-state index contributed by atoms with van der Waals surface area (Å²) in [4.78, 5) is 36.9. The third kappa shape index (κ3) is 5.75. The first-order chi connectivity index (χ1) is 13.5. The Morgan fingerprint density at radius 2 is 1.61 bits per heavy atom. The number of nitrogens with one attached hydrogen (secondary N) is 1. The Morgan fingerprint density at radius 3 is 2.21 bits per heavy atom. The maximum Gasteiger partial charge on any atom is 0.339 e. The maximum atomic E-state index is 12.3. The van der Waals surface area contributed by atoms with Crippen molar-refractivity contribution in [1.29, 1.82) is 0 Å². The zero-order valence-electron chi connectivity index (χ0n) is 15.8. The van der Waals surface area contributed by atoms with E-state index >= 15 is 0 Å². The van der Waals surface area contributed by atoms with Crippen molar-refractivity contribution in [2.45, 2.75) is 11.3 Å². The van der Waals surface area contributed by atoms with Crippen molar-refractivity contribution in [3.8, 4) is 5.75 Å². The van der Waals surface area contributed by atoms with Gasteiger partial charge in [-0.05, 0) is 42.5 Å². The highest BCUT2D eigenvalue weighted by Crippen LogP contribution is 2.23. The number of methoxy groups -OCH3 is 3. The van der Waals surface area contributed by atoms with Gasteiger partial charge in [0.1, 0.15) is 5.75 Å². The van der Waals surface area contributed by atoms with Crippen molar-refractivity contribution in [2.75, 3.05) is 32.4 Å². The Hall–Kier alpha value is -3.00. The predicted octanol–water partition coefficient (Wildman–Crippen LogP) is 3.39. The van der Waals surface area contributed by atoms with E-state index in [9.17, 15) is 14.4 Å². The highest BCUT2D eigenvalue weighted by molar-refractivity contribution is 7.99. The summed E-state index contributed by atoms with van der Waals surface area (Å²) in [7, 11) is 4.10. The Morgan fingerprint density at radius 1 is 0.929 bits per heavy atom. The van der Waals surface area contributed by atoms with E-state index in [1.807, 2.05) is 24.3 Å². The Labute approximate surface area is 167 Å². The number of carbonyl (C=O) groups excluding carboxylic acids is 3. The number of esters is 2. The molecule has 28 heavy (non-hydrogen) atoms. The van der Waals surface area contributed by atoms with Gasteiger partial charge in [-0.15, -0.1) is 11.8 Å². The molecule has 2 aromatic carbocycles. The van der Waals surface area contributed by atoms with Crippen LogP contribution in [0.15, 0.2) is 47.4 Å². The van der Waals surface area contributed by atoms with Crippen molar-refractivity contribution in [3.05, 3.63) is 53.6 Å². The molecular formula is C20H21NO6S. The molecule has 0 unspecified atom stereocenters. The summed E-state index contributed by atoms with van der Waals surface area (Å²) < 4.78 is 14.5. The monoisotopic (exact) mass is 403 g/mol. The van der Waals surface area contributed by atoms with Crippen LogP contribution in [0, 0.1) is 0 Å². The number of anilines is 1. The summed E-state index contributed by atoms with van der Waals surface area (Å²) in [5.74, 6) is -0.153. The molecule has 1 amide bonds. The van der Waals surface area contributed by atoms with Gasteiger partial charge in [0.2, 0.25) is 5.91 Å². The van der Waals surface area contributed by atoms with Gasteiger partial charge in [-0.25, -0.2) is 9.59 Å². The summed E-state index contributed by atoms with van der Waals surface area (Å²) in [6.45, 7) is 0. The molecule has 0 aliphatic carbocycles. The first kappa shape index (κ1) is 21.3. The van der Waals surface area contributed by atoms with Crippen LogP contribution in [-0.4, -0.2) is 44.9 Å². The topological polar surface area (TPSA) is 90.9 Å². The smallest absolute Gasteiger partial charge is 0.339 e. The number of benzene rings is 2. The largest absolute Gasteiger partial charge is 0.497 e. The summed E-state index contributed by atoms with van der Waals surface area (Å²) in [5.41, 5.74) is 0.582. The number of hydrogen-bond donors (Lipinski definition) is 1. The summed E-state index contributed by atoms with van der Waals surface area (Å²) in [5, 5.41) is 2.67. The van der Waals surface area contributed by atoms with Crippen molar-refractivity contribution < 1.29 is 28.6 Å². The third-order valence-corrected chi connectivity index (χ3v) is 4.79. The SMILES string of the molecule is COC(=O)c1ccc(C(=O)OC)c(NC(=O)CCSc2ccc(OC)cc2)c1. The van der Waals surface area contributed by atoms with Gasteiger partial charge in [0.15, 0.2) is 0 Å². The summed E-state index contributed by atoms with van der Waals surface area (Å²) >= 11 is 1.52. The van der Waals surface area contributed by atoms with Crippen molar-refractivity contribution in [3.63, 3.8) is 0 Å². The predicted molar refractivity (Wildman–Crippen MR) is 106 cm³/mol.